The highest BCUT2D eigenvalue weighted by atomic mass is 35.5. The van der Waals surface area contributed by atoms with Gasteiger partial charge in [-0.05, 0) is 44.5 Å². The van der Waals surface area contributed by atoms with Crippen molar-refractivity contribution in [3.8, 4) is 11.5 Å². The van der Waals surface area contributed by atoms with Crippen molar-refractivity contribution >= 4 is 28.7 Å². The fraction of sp³-hybridized carbons (Fsp3) is 0.182. The van der Waals surface area contributed by atoms with E-state index in [1.165, 1.54) is 0 Å². The second kappa shape index (κ2) is 9.30. The Morgan fingerprint density at radius 3 is 2.76 bits per heavy atom. The molecule has 3 heterocycles. The third-order valence-corrected chi connectivity index (χ3v) is 4.92. The number of nitrogens with one attached hydrogen (secondary N) is 2. The van der Waals surface area contributed by atoms with Gasteiger partial charge in [0, 0.05) is 12.4 Å². The van der Waals surface area contributed by atoms with Gasteiger partial charge in [-0.25, -0.2) is 9.97 Å². The minimum atomic E-state index is -0.300. The normalized spacial score (nSPS) is 13.0. The number of hydrogen-bond donors (Lipinski definition) is 2. The average molecular weight is 408 g/mol. The van der Waals surface area contributed by atoms with Crippen molar-refractivity contribution in [2.45, 2.75) is 27.2 Å². The largest absolute Gasteiger partial charge is 0.335 e. The summed E-state index contributed by atoms with van der Waals surface area (Å²) in [5, 5.41) is 3.44. The number of allylic oxidation sites excluding steroid dienone is 5. The van der Waals surface area contributed by atoms with Crippen molar-refractivity contribution < 1.29 is 4.79 Å². The summed E-state index contributed by atoms with van der Waals surface area (Å²) >= 11 is 6.49. The standard InChI is InChI=1S/C22H22ClN5O/c1-4-6-9-16(18(23)14(3)5-2)26-22(29)15-11-13-25-21-19(15)27-20(28-21)17-10-7-8-12-24-17/h4,6-13H,5H2,1-3H3,(H,26,29)(H,25,27,28)/b6-4-,16-9+,18-14-. The zero-order chi connectivity index (χ0) is 20.8. The minimum absolute atomic E-state index is 0.300. The van der Waals surface area contributed by atoms with E-state index in [9.17, 15) is 4.79 Å². The van der Waals surface area contributed by atoms with Crippen LogP contribution in [0.5, 0.6) is 0 Å². The van der Waals surface area contributed by atoms with Crippen molar-refractivity contribution in [1.29, 1.82) is 0 Å². The molecule has 3 aromatic heterocycles. The molecule has 0 saturated heterocycles. The van der Waals surface area contributed by atoms with Crippen molar-refractivity contribution in [3.63, 3.8) is 0 Å². The Balaban J connectivity index is 1.99. The maximum Gasteiger partial charge on any atom is 0.258 e. The summed E-state index contributed by atoms with van der Waals surface area (Å²) in [5.41, 5.74) is 3.63. The highest BCUT2D eigenvalue weighted by Gasteiger charge is 2.17. The van der Waals surface area contributed by atoms with E-state index in [1.54, 1.807) is 24.5 Å². The fourth-order valence-corrected chi connectivity index (χ4v) is 2.91. The second-order valence-electron chi connectivity index (χ2n) is 6.37. The van der Waals surface area contributed by atoms with Gasteiger partial charge in [-0.2, -0.15) is 0 Å². The van der Waals surface area contributed by atoms with Crippen LogP contribution in [0.1, 0.15) is 37.6 Å². The van der Waals surface area contributed by atoms with Gasteiger partial charge < -0.3 is 10.3 Å². The topological polar surface area (TPSA) is 83.6 Å². The molecule has 0 spiro atoms. The predicted octanol–water partition coefficient (Wildman–Crippen LogP) is 5.13. The van der Waals surface area contributed by atoms with Crippen LogP contribution in [-0.2, 0) is 0 Å². The van der Waals surface area contributed by atoms with Gasteiger partial charge in [-0.1, -0.05) is 42.3 Å². The number of imidazole rings is 1. The Labute approximate surface area is 174 Å². The van der Waals surface area contributed by atoms with Gasteiger partial charge in [0.15, 0.2) is 11.5 Å². The van der Waals surface area contributed by atoms with Crippen LogP contribution >= 0.6 is 11.6 Å². The molecule has 0 saturated carbocycles. The van der Waals surface area contributed by atoms with Crippen LogP contribution in [-0.4, -0.2) is 25.8 Å². The average Bonchev–Trinajstić information content (AvgIpc) is 3.20. The fourth-order valence-electron chi connectivity index (χ4n) is 2.66. The van der Waals surface area contributed by atoms with Crippen molar-refractivity contribution in [1.82, 2.24) is 25.3 Å². The van der Waals surface area contributed by atoms with Crippen molar-refractivity contribution in [2.75, 3.05) is 0 Å². The molecule has 0 aliphatic carbocycles. The van der Waals surface area contributed by atoms with E-state index in [2.05, 4.69) is 25.3 Å². The molecule has 0 aliphatic rings. The number of aromatic nitrogens is 4. The van der Waals surface area contributed by atoms with Crippen molar-refractivity contribution in [3.05, 3.63) is 76.8 Å². The van der Waals surface area contributed by atoms with Gasteiger partial charge in [-0.15, -0.1) is 0 Å². The van der Waals surface area contributed by atoms with Crippen LogP contribution in [0.25, 0.3) is 22.7 Å². The number of amides is 1. The molecule has 0 fully saturated rings. The van der Waals surface area contributed by atoms with E-state index in [4.69, 9.17) is 11.6 Å². The maximum atomic E-state index is 13.0. The first kappa shape index (κ1) is 20.5. The van der Waals surface area contributed by atoms with Crippen LogP contribution in [0, 0.1) is 0 Å². The van der Waals surface area contributed by atoms with Crippen LogP contribution in [0.3, 0.4) is 0 Å². The number of fused-ring (bicyclic) bond motifs is 1. The molecular weight excluding hydrogens is 386 g/mol. The third kappa shape index (κ3) is 4.60. The number of carbonyl (C=O) groups excluding carboxylic acids is 1. The number of H-pyrrole nitrogens is 1. The van der Waals surface area contributed by atoms with E-state index < -0.39 is 0 Å². The summed E-state index contributed by atoms with van der Waals surface area (Å²) < 4.78 is 0. The number of nitrogens with zero attached hydrogens (tertiary/aromatic N) is 3. The van der Waals surface area contributed by atoms with Crippen molar-refractivity contribution in [2.24, 2.45) is 0 Å². The number of rotatable bonds is 6. The van der Waals surface area contributed by atoms with Gasteiger partial charge in [-0.3, -0.25) is 9.78 Å². The molecule has 0 bridgehead atoms. The van der Waals surface area contributed by atoms with Gasteiger partial charge in [0.05, 0.1) is 21.8 Å². The van der Waals surface area contributed by atoms with Gasteiger partial charge in [0.2, 0.25) is 0 Å². The zero-order valence-corrected chi connectivity index (χ0v) is 17.3. The third-order valence-electron chi connectivity index (χ3n) is 4.39. The van der Waals surface area contributed by atoms with Crippen LogP contribution < -0.4 is 5.32 Å². The monoisotopic (exact) mass is 407 g/mol. The summed E-state index contributed by atoms with van der Waals surface area (Å²) in [6, 6.07) is 7.19. The summed E-state index contributed by atoms with van der Waals surface area (Å²) in [7, 11) is 0. The van der Waals surface area contributed by atoms with Gasteiger partial charge in [0.25, 0.3) is 5.91 Å². The van der Waals surface area contributed by atoms with Crippen LogP contribution in [0.2, 0.25) is 0 Å². The minimum Gasteiger partial charge on any atom is -0.335 e. The van der Waals surface area contributed by atoms with Gasteiger partial charge in [0.1, 0.15) is 5.69 Å². The smallest absolute Gasteiger partial charge is 0.258 e. The van der Waals surface area contributed by atoms with E-state index in [-0.39, 0.29) is 5.91 Å². The lowest BCUT2D eigenvalue weighted by molar-refractivity contribution is 0.0968. The molecule has 148 valence electrons. The lowest BCUT2D eigenvalue weighted by Gasteiger charge is -2.11. The summed E-state index contributed by atoms with van der Waals surface area (Å²) in [6.45, 7) is 5.86. The zero-order valence-electron chi connectivity index (χ0n) is 16.5. The molecular formula is C22H22ClN5O. The Bertz CT molecular complexity index is 1110. The molecule has 1 amide bonds. The molecule has 0 unspecified atom stereocenters. The Morgan fingerprint density at radius 1 is 1.24 bits per heavy atom. The molecule has 0 aliphatic heterocycles. The van der Waals surface area contributed by atoms with E-state index in [1.807, 2.05) is 51.1 Å². The van der Waals surface area contributed by atoms with Crippen LogP contribution in [0.4, 0.5) is 0 Å². The van der Waals surface area contributed by atoms with E-state index in [0.29, 0.717) is 39.0 Å². The molecule has 0 radical (unpaired) electrons. The summed E-state index contributed by atoms with van der Waals surface area (Å²) in [4.78, 5) is 29.2. The first-order chi connectivity index (χ1) is 14.0. The molecule has 2 N–H and O–H groups in total. The van der Waals surface area contributed by atoms with E-state index >= 15 is 0 Å². The summed E-state index contributed by atoms with van der Waals surface area (Å²) in [6.07, 6.45) is 9.52. The Kier molecular flexibility index (Phi) is 6.57. The number of pyridine rings is 2. The lowest BCUT2D eigenvalue weighted by atomic mass is 10.1. The molecule has 0 aromatic carbocycles. The number of aromatic amines is 1. The lowest BCUT2D eigenvalue weighted by Crippen LogP contribution is -2.23. The molecule has 3 rings (SSSR count). The maximum absolute atomic E-state index is 13.0. The first-order valence-electron chi connectivity index (χ1n) is 9.31. The first-order valence-corrected chi connectivity index (χ1v) is 9.69. The number of halogens is 1. The van der Waals surface area contributed by atoms with Crippen LogP contribution in [0.15, 0.2) is 71.2 Å². The molecule has 29 heavy (non-hydrogen) atoms. The van der Waals surface area contributed by atoms with E-state index in [0.717, 1.165) is 12.0 Å². The SMILES string of the molecule is C\C=C/C=C(NC(=O)c1ccnc2nc(-c3ccccn3)[nH]c12)\C(Cl)=C(/C)CC. The molecule has 6 nitrogen and oxygen atoms in total. The Hall–Kier alpha value is -3.25. The summed E-state index contributed by atoms with van der Waals surface area (Å²) in [5.74, 6) is 0.254. The highest BCUT2D eigenvalue weighted by Crippen LogP contribution is 2.23. The number of carbonyl (C=O) groups is 1. The second-order valence-corrected chi connectivity index (χ2v) is 6.74. The molecule has 0 atom stereocenters. The molecule has 3 aromatic rings. The van der Waals surface area contributed by atoms with Gasteiger partial charge >= 0.3 is 0 Å². The number of hydrogen-bond acceptors (Lipinski definition) is 4. The molecule has 7 heteroatoms. The predicted molar refractivity (Wildman–Crippen MR) is 116 cm³/mol. The highest BCUT2D eigenvalue weighted by molar-refractivity contribution is 6.32. The quantitative estimate of drug-likeness (QED) is 0.554. The Morgan fingerprint density at radius 2 is 2.07 bits per heavy atom.